The summed E-state index contributed by atoms with van der Waals surface area (Å²) in [6.45, 7) is 4.02. The molecule has 0 unspecified atom stereocenters. The largest absolute Gasteiger partial charge is 0.357 e. The van der Waals surface area contributed by atoms with E-state index >= 15 is 0 Å². The first-order valence-electron chi connectivity index (χ1n) is 6.81. The van der Waals surface area contributed by atoms with Gasteiger partial charge in [-0.1, -0.05) is 0 Å². The van der Waals surface area contributed by atoms with Gasteiger partial charge in [-0.2, -0.15) is 5.10 Å². The van der Waals surface area contributed by atoms with Gasteiger partial charge in [0.2, 0.25) is 0 Å². The van der Waals surface area contributed by atoms with Gasteiger partial charge in [0.05, 0.1) is 6.20 Å². The van der Waals surface area contributed by atoms with Crippen LogP contribution in [0.1, 0.15) is 19.8 Å². The van der Waals surface area contributed by atoms with Gasteiger partial charge in [-0.3, -0.25) is 0 Å². The van der Waals surface area contributed by atoms with Crippen LogP contribution in [0.2, 0.25) is 0 Å². The molecule has 3 rings (SSSR count). The van der Waals surface area contributed by atoms with Crippen LogP contribution in [0, 0.1) is 5.41 Å². The van der Waals surface area contributed by atoms with Gasteiger partial charge in [-0.25, -0.2) is 9.50 Å². The number of hydrogen-bond acceptors (Lipinski definition) is 5. The highest BCUT2D eigenvalue weighted by molar-refractivity contribution is 5.77. The topological polar surface area (TPSA) is 69.3 Å². The summed E-state index contributed by atoms with van der Waals surface area (Å²) in [5, 5.41) is 14.6. The summed E-state index contributed by atoms with van der Waals surface area (Å²) in [6, 6.07) is 2.01. The van der Waals surface area contributed by atoms with Gasteiger partial charge < -0.3 is 15.6 Å². The molecule has 1 saturated heterocycles. The zero-order valence-corrected chi connectivity index (χ0v) is 11.5. The van der Waals surface area contributed by atoms with Crippen molar-refractivity contribution < 1.29 is 0 Å². The molecular weight excluding hydrogens is 252 g/mol. The van der Waals surface area contributed by atoms with E-state index in [1.165, 1.54) is 19.1 Å². The van der Waals surface area contributed by atoms with E-state index in [2.05, 4.69) is 15.3 Å². The summed E-state index contributed by atoms with van der Waals surface area (Å²) in [7, 11) is 0. The van der Waals surface area contributed by atoms with Gasteiger partial charge in [0, 0.05) is 31.7 Å². The van der Waals surface area contributed by atoms with Crippen molar-refractivity contribution in [2.75, 3.05) is 23.3 Å². The molecule has 0 bridgehead atoms. The van der Waals surface area contributed by atoms with Crippen molar-refractivity contribution in [3.8, 4) is 0 Å². The Labute approximate surface area is 117 Å². The second-order valence-electron chi connectivity index (χ2n) is 4.98. The molecule has 0 aliphatic carbocycles. The lowest BCUT2D eigenvalue weighted by Crippen LogP contribution is -2.19. The molecule has 0 spiro atoms. The molecule has 0 radical (unpaired) electrons. The summed E-state index contributed by atoms with van der Waals surface area (Å²) in [5.74, 6) is 1.01. The molecule has 2 N–H and O–H groups in total. The highest BCUT2D eigenvalue weighted by Gasteiger charge is 2.15. The lowest BCUT2D eigenvalue weighted by Gasteiger charge is -2.16. The molecule has 1 fully saturated rings. The molecule has 20 heavy (non-hydrogen) atoms. The molecule has 1 aliphatic heterocycles. The Balaban J connectivity index is 1.92. The molecule has 6 heteroatoms. The van der Waals surface area contributed by atoms with Crippen molar-refractivity contribution in [1.29, 1.82) is 5.41 Å². The minimum Gasteiger partial charge on any atom is -0.357 e. The predicted molar refractivity (Wildman–Crippen MR) is 80.6 cm³/mol. The fourth-order valence-electron chi connectivity index (χ4n) is 2.32. The van der Waals surface area contributed by atoms with Crippen LogP contribution < -0.4 is 10.2 Å². The zero-order chi connectivity index (χ0) is 13.9. The Morgan fingerprint density at radius 3 is 2.95 bits per heavy atom. The first-order valence-corrected chi connectivity index (χ1v) is 6.81. The molecule has 1 aliphatic rings. The molecule has 2 aromatic heterocycles. The van der Waals surface area contributed by atoms with E-state index in [0.29, 0.717) is 0 Å². The predicted octanol–water partition coefficient (Wildman–Crippen LogP) is 2.29. The average Bonchev–Trinajstić information content (AvgIpc) is 3.13. The highest BCUT2D eigenvalue weighted by Crippen LogP contribution is 2.21. The van der Waals surface area contributed by atoms with E-state index in [4.69, 9.17) is 10.4 Å². The van der Waals surface area contributed by atoms with E-state index in [0.717, 1.165) is 35.8 Å². The second kappa shape index (κ2) is 5.32. The Morgan fingerprint density at radius 2 is 2.20 bits per heavy atom. The van der Waals surface area contributed by atoms with Crippen molar-refractivity contribution in [3.63, 3.8) is 0 Å². The Kier molecular flexibility index (Phi) is 3.37. The van der Waals surface area contributed by atoms with E-state index in [9.17, 15) is 0 Å². The highest BCUT2D eigenvalue weighted by atomic mass is 15.3. The van der Waals surface area contributed by atoms with Crippen LogP contribution in [0.3, 0.4) is 0 Å². The van der Waals surface area contributed by atoms with Gasteiger partial charge in [-0.15, -0.1) is 0 Å². The number of allylic oxidation sites excluding steroid dienone is 1. The van der Waals surface area contributed by atoms with Gasteiger partial charge >= 0.3 is 0 Å². The maximum absolute atomic E-state index is 7.17. The van der Waals surface area contributed by atoms with Gasteiger partial charge in [0.15, 0.2) is 5.65 Å². The molecule has 2 aromatic rings. The van der Waals surface area contributed by atoms with Crippen molar-refractivity contribution >= 4 is 23.4 Å². The molecular formula is C14H18N6. The monoisotopic (exact) mass is 270 g/mol. The third kappa shape index (κ3) is 2.36. The van der Waals surface area contributed by atoms with Gasteiger partial charge in [0.25, 0.3) is 0 Å². The SMILES string of the molecule is C/C(C=N)=C/Nc1cnn2ccc(N3CCCC3)nc12. The minimum absolute atomic E-state index is 0.809. The standard InChI is InChI=1S/C14H18N6/c1-11(8-15)9-16-12-10-17-20-7-4-13(18-14(12)20)19-5-2-3-6-19/h4,7-10,15-16H,2-3,5-6H2,1H3/b11-9-,15-8?. The summed E-state index contributed by atoms with van der Waals surface area (Å²) < 4.78 is 1.76. The van der Waals surface area contributed by atoms with Crippen LogP contribution in [0.25, 0.3) is 5.65 Å². The van der Waals surface area contributed by atoms with E-state index in [1.807, 2.05) is 19.2 Å². The number of anilines is 2. The number of nitrogens with one attached hydrogen (secondary N) is 2. The van der Waals surface area contributed by atoms with Crippen LogP contribution in [0.4, 0.5) is 11.5 Å². The molecule has 0 atom stereocenters. The smallest absolute Gasteiger partial charge is 0.180 e. The van der Waals surface area contributed by atoms with E-state index in [1.54, 1.807) is 16.9 Å². The first kappa shape index (κ1) is 12.7. The van der Waals surface area contributed by atoms with Crippen molar-refractivity contribution in [1.82, 2.24) is 14.6 Å². The molecule has 6 nitrogen and oxygen atoms in total. The zero-order valence-electron chi connectivity index (χ0n) is 11.5. The quantitative estimate of drug-likeness (QED) is 0.836. The third-order valence-electron chi connectivity index (χ3n) is 3.47. The van der Waals surface area contributed by atoms with E-state index in [-0.39, 0.29) is 0 Å². The Bertz CT molecular complexity index is 651. The molecule has 3 heterocycles. The van der Waals surface area contributed by atoms with Crippen molar-refractivity contribution in [2.24, 2.45) is 0 Å². The molecule has 0 aromatic carbocycles. The fraction of sp³-hybridized carbons (Fsp3) is 0.357. The summed E-state index contributed by atoms with van der Waals surface area (Å²) in [6.07, 6.45) is 9.26. The number of aromatic nitrogens is 3. The lowest BCUT2D eigenvalue weighted by atomic mass is 10.3. The van der Waals surface area contributed by atoms with E-state index < -0.39 is 0 Å². The lowest BCUT2D eigenvalue weighted by molar-refractivity contribution is 0.899. The summed E-state index contributed by atoms with van der Waals surface area (Å²) in [5.41, 5.74) is 2.51. The van der Waals surface area contributed by atoms with Gasteiger partial charge in [0.1, 0.15) is 11.5 Å². The first-order chi connectivity index (χ1) is 9.78. The average molecular weight is 270 g/mol. The fourth-order valence-corrected chi connectivity index (χ4v) is 2.32. The third-order valence-corrected chi connectivity index (χ3v) is 3.47. The van der Waals surface area contributed by atoms with Crippen molar-refractivity contribution in [2.45, 2.75) is 19.8 Å². The van der Waals surface area contributed by atoms with Crippen LogP contribution in [0.15, 0.2) is 30.2 Å². The summed E-state index contributed by atoms with van der Waals surface area (Å²) in [4.78, 5) is 7.00. The summed E-state index contributed by atoms with van der Waals surface area (Å²) >= 11 is 0. The maximum Gasteiger partial charge on any atom is 0.180 e. The minimum atomic E-state index is 0.809. The molecule has 0 saturated carbocycles. The van der Waals surface area contributed by atoms with Gasteiger partial charge in [-0.05, 0) is 31.4 Å². The van der Waals surface area contributed by atoms with Crippen LogP contribution >= 0.6 is 0 Å². The van der Waals surface area contributed by atoms with Crippen LogP contribution in [0.5, 0.6) is 0 Å². The van der Waals surface area contributed by atoms with Crippen LogP contribution in [-0.4, -0.2) is 33.9 Å². The number of nitrogens with zero attached hydrogens (tertiary/aromatic N) is 4. The maximum atomic E-state index is 7.17. The number of rotatable bonds is 4. The molecule has 0 amide bonds. The Hall–Kier alpha value is -2.37. The number of fused-ring (bicyclic) bond motifs is 1. The normalized spacial score (nSPS) is 15.8. The second-order valence-corrected chi connectivity index (χ2v) is 4.98. The van der Waals surface area contributed by atoms with Crippen molar-refractivity contribution in [3.05, 3.63) is 30.2 Å². The van der Waals surface area contributed by atoms with Crippen LogP contribution in [-0.2, 0) is 0 Å². The molecule has 104 valence electrons. The number of hydrogen-bond donors (Lipinski definition) is 2. The Morgan fingerprint density at radius 1 is 1.40 bits per heavy atom.